The largest absolute Gasteiger partial charge is 0.298 e. The van der Waals surface area contributed by atoms with Gasteiger partial charge in [0.1, 0.15) is 27.6 Å². The molecule has 0 saturated carbocycles. The number of aromatic nitrogens is 2. The molecule has 0 bridgehead atoms. The highest BCUT2D eigenvalue weighted by Gasteiger charge is 2.20. The van der Waals surface area contributed by atoms with Gasteiger partial charge in [0, 0.05) is 16.7 Å². The quantitative estimate of drug-likeness (QED) is 0.580. The topological polar surface area (TPSA) is 34.9 Å². The van der Waals surface area contributed by atoms with Crippen molar-refractivity contribution in [2.45, 2.75) is 0 Å². The van der Waals surface area contributed by atoms with Gasteiger partial charge in [0.25, 0.3) is 0 Å². The minimum atomic E-state index is -0.658. The van der Waals surface area contributed by atoms with E-state index < -0.39 is 11.6 Å². The van der Waals surface area contributed by atoms with Crippen LogP contribution < -0.4 is 0 Å². The van der Waals surface area contributed by atoms with Crippen LogP contribution in [0.1, 0.15) is 10.4 Å². The van der Waals surface area contributed by atoms with Crippen molar-refractivity contribution in [1.82, 2.24) is 9.78 Å². The van der Waals surface area contributed by atoms with Crippen molar-refractivity contribution in [2.75, 3.05) is 0 Å². The fourth-order valence-corrected chi connectivity index (χ4v) is 2.82. The molecule has 3 rings (SSSR count). The summed E-state index contributed by atoms with van der Waals surface area (Å²) < 4.78 is 28.8. The maximum atomic E-state index is 14.0. The summed E-state index contributed by atoms with van der Waals surface area (Å²) in [5.41, 5.74) is 1.11. The lowest BCUT2D eigenvalue weighted by Crippen LogP contribution is -2.01. The van der Waals surface area contributed by atoms with Crippen LogP contribution in [0.4, 0.5) is 8.78 Å². The fraction of sp³-hybridized carbons (Fsp3) is 0. The van der Waals surface area contributed by atoms with Crippen molar-refractivity contribution in [3.63, 3.8) is 0 Å². The molecule has 0 fully saturated rings. The van der Waals surface area contributed by atoms with Crippen molar-refractivity contribution < 1.29 is 13.6 Å². The van der Waals surface area contributed by atoms with Gasteiger partial charge in [-0.05, 0) is 40.2 Å². The summed E-state index contributed by atoms with van der Waals surface area (Å²) >= 11 is 9.07. The number of hydrogen-bond acceptors (Lipinski definition) is 2. The second-order valence-electron chi connectivity index (χ2n) is 4.69. The highest BCUT2D eigenvalue weighted by atomic mass is 79.9. The van der Waals surface area contributed by atoms with E-state index in [1.807, 2.05) is 0 Å². The number of hydrogen-bond donors (Lipinski definition) is 0. The van der Waals surface area contributed by atoms with Gasteiger partial charge in [-0.15, -0.1) is 0 Å². The predicted octanol–water partition coefficient (Wildman–Crippen LogP) is 5.05. The van der Waals surface area contributed by atoms with E-state index in [1.54, 1.807) is 24.3 Å². The maximum absolute atomic E-state index is 14.0. The number of benzene rings is 2. The molecule has 1 heterocycles. The van der Waals surface area contributed by atoms with Crippen molar-refractivity contribution in [3.05, 3.63) is 69.3 Å². The van der Waals surface area contributed by atoms with E-state index in [9.17, 15) is 13.6 Å². The highest BCUT2D eigenvalue weighted by Crippen LogP contribution is 2.31. The van der Waals surface area contributed by atoms with E-state index in [2.05, 4.69) is 21.0 Å². The van der Waals surface area contributed by atoms with Crippen LogP contribution >= 0.6 is 27.5 Å². The molecule has 0 aliphatic carbocycles. The zero-order valence-corrected chi connectivity index (χ0v) is 13.8. The van der Waals surface area contributed by atoms with Crippen LogP contribution in [0.25, 0.3) is 16.9 Å². The van der Waals surface area contributed by atoms with Crippen LogP contribution in [0.2, 0.25) is 5.02 Å². The smallest absolute Gasteiger partial charge is 0.155 e. The molecule has 2 aromatic carbocycles. The fourth-order valence-electron chi connectivity index (χ4n) is 2.14. The van der Waals surface area contributed by atoms with Gasteiger partial charge in [-0.2, -0.15) is 5.10 Å². The number of halogens is 4. The normalized spacial score (nSPS) is 10.8. The standard InChI is InChI=1S/C16H8BrClF2N2O/c17-16-12(8-23)15(9-1-3-10(18)4-2-9)21-22(16)14-7-11(19)5-6-13(14)20/h1-8H. The lowest BCUT2D eigenvalue weighted by molar-refractivity contribution is 0.112. The molecule has 3 aromatic rings. The van der Waals surface area contributed by atoms with E-state index in [1.165, 1.54) is 0 Å². The third-order valence-electron chi connectivity index (χ3n) is 3.24. The van der Waals surface area contributed by atoms with Gasteiger partial charge in [0.2, 0.25) is 0 Å². The molecule has 0 amide bonds. The van der Waals surface area contributed by atoms with Crippen molar-refractivity contribution >= 4 is 33.8 Å². The molecule has 0 N–H and O–H groups in total. The number of rotatable bonds is 3. The molecule has 7 heteroatoms. The lowest BCUT2D eigenvalue weighted by atomic mass is 10.1. The van der Waals surface area contributed by atoms with Gasteiger partial charge in [-0.1, -0.05) is 23.7 Å². The number of carbonyl (C=O) groups excluding carboxylic acids is 1. The molecule has 3 nitrogen and oxygen atoms in total. The molecule has 0 atom stereocenters. The van der Waals surface area contributed by atoms with Crippen LogP contribution in [0.5, 0.6) is 0 Å². The van der Waals surface area contributed by atoms with E-state index in [-0.39, 0.29) is 15.9 Å². The van der Waals surface area contributed by atoms with E-state index >= 15 is 0 Å². The van der Waals surface area contributed by atoms with Crippen molar-refractivity contribution in [2.24, 2.45) is 0 Å². The Morgan fingerprint density at radius 2 is 1.83 bits per heavy atom. The van der Waals surface area contributed by atoms with Crippen LogP contribution in [0, 0.1) is 11.6 Å². The Morgan fingerprint density at radius 1 is 1.13 bits per heavy atom. The van der Waals surface area contributed by atoms with Gasteiger partial charge >= 0.3 is 0 Å². The van der Waals surface area contributed by atoms with Gasteiger partial charge in [-0.25, -0.2) is 13.5 Å². The van der Waals surface area contributed by atoms with Crippen LogP contribution in [0.3, 0.4) is 0 Å². The average molecular weight is 398 g/mol. The molecular weight excluding hydrogens is 390 g/mol. The molecule has 1 aromatic heterocycles. The summed E-state index contributed by atoms with van der Waals surface area (Å²) in [4.78, 5) is 11.4. The van der Waals surface area contributed by atoms with Gasteiger partial charge in [-0.3, -0.25) is 4.79 Å². The Labute approximate surface area is 143 Å². The summed E-state index contributed by atoms with van der Waals surface area (Å²) in [7, 11) is 0. The first-order valence-corrected chi connectivity index (χ1v) is 7.63. The van der Waals surface area contributed by atoms with Crippen LogP contribution in [-0.2, 0) is 0 Å². The summed E-state index contributed by atoms with van der Waals surface area (Å²) in [6, 6.07) is 9.71. The zero-order chi connectivity index (χ0) is 16.6. The summed E-state index contributed by atoms with van der Waals surface area (Å²) in [5.74, 6) is -1.26. The van der Waals surface area contributed by atoms with E-state index in [0.29, 0.717) is 22.6 Å². The molecule has 0 saturated heterocycles. The van der Waals surface area contributed by atoms with Crippen LogP contribution in [-0.4, -0.2) is 16.1 Å². The monoisotopic (exact) mass is 396 g/mol. The summed E-state index contributed by atoms with van der Waals surface area (Å²) in [6.45, 7) is 0. The molecular formula is C16H8BrClF2N2O. The third-order valence-corrected chi connectivity index (χ3v) is 4.25. The number of carbonyl (C=O) groups is 1. The van der Waals surface area contributed by atoms with Gasteiger partial charge in [0.15, 0.2) is 6.29 Å². The summed E-state index contributed by atoms with van der Waals surface area (Å²) in [6.07, 6.45) is 0.606. The van der Waals surface area contributed by atoms with Crippen molar-refractivity contribution in [3.8, 4) is 16.9 Å². The Bertz CT molecular complexity index is 894. The minimum Gasteiger partial charge on any atom is -0.298 e. The second kappa shape index (κ2) is 6.22. The molecule has 0 radical (unpaired) electrons. The highest BCUT2D eigenvalue weighted by molar-refractivity contribution is 9.10. The molecule has 116 valence electrons. The van der Waals surface area contributed by atoms with Crippen LogP contribution in [0.15, 0.2) is 47.1 Å². The zero-order valence-electron chi connectivity index (χ0n) is 11.4. The predicted molar refractivity (Wildman–Crippen MR) is 87.0 cm³/mol. The molecule has 0 unspecified atom stereocenters. The van der Waals surface area contributed by atoms with Gasteiger partial charge in [0.05, 0.1) is 5.56 Å². The van der Waals surface area contributed by atoms with E-state index in [0.717, 1.165) is 22.9 Å². The molecule has 0 aliphatic rings. The van der Waals surface area contributed by atoms with E-state index in [4.69, 9.17) is 11.6 Å². The van der Waals surface area contributed by atoms with Crippen molar-refractivity contribution in [1.29, 1.82) is 0 Å². The first-order chi connectivity index (χ1) is 11.0. The summed E-state index contributed by atoms with van der Waals surface area (Å²) in [5, 5.41) is 4.78. The number of nitrogens with zero attached hydrogens (tertiary/aromatic N) is 2. The maximum Gasteiger partial charge on any atom is 0.155 e. The molecule has 0 aliphatic heterocycles. The first-order valence-electron chi connectivity index (χ1n) is 6.46. The first kappa shape index (κ1) is 15.8. The Morgan fingerprint density at radius 3 is 2.48 bits per heavy atom. The average Bonchev–Trinajstić information content (AvgIpc) is 2.87. The van der Waals surface area contributed by atoms with Gasteiger partial charge < -0.3 is 0 Å². The Balaban J connectivity index is 2.22. The minimum absolute atomic E-state index is 0.0970. The lowest BCUT2D eigenvalue weighted by Gasteiger charge is -2.05. The molecule has 23 heavy (non-hydrogen) atoms. The Kier molecular flexibility index (Phi) is 4.28. The molecule has 0 spiro atoms. The second-order valence-corrected chi connectivity index (χ2v) is 5.87. The third kappa shape index (κ3) is 2.92. The number of aldehydes is 1. The SMILES string of the molecule is O=Cc1c(-c2ccc(Cl)cc2)nn(-c2cc(F)ccc2F)c1Br. The Hall–Kier alpha value is -2.05.